The average molecular weight is 689 g/mol. The van der Waals surface area contributed by atoms with Crippen molar-refractivity contribution >= 4 is 66.4 Å². The van der Waals surface area contributed by atoms with Gasteiger partial charge in [0.25, 0.3) is 0 Å². The number of anilines is 4. The van der Waals surface area contributed by atoms with Gasteiger partial charge in [-0.2, -0.15) is 10.2 Å². The van der Waals surface area contributed by atoms with Crippen LogP contribution in [0.2, 0.25) is 0 Å². The standard InChI is InChI=1S/C18H17N5OS.C17H15N5OS/c1-11-16(13-6-4-5-7-14(13)24-3)17-15(25-11)9-19-18(22-17)21-12-8-20-23(2)10-12;1-10-15(12-5-3-4-6-13(12)23)16-14(24-10)8-18-17(21-16)20-11-7-19-22(2)9-11/h4-10H,1-3H3,(H,19,21,22);3-9,23H,1-2H3,(H,18,20,21). The molecule has 0 aliphatic carbocycles. The fourth-order valence-electron chi connectivity index (χ4n) is 5.54. The summed E-state index contributed by atoms with van der Waals surface area (Å²) < 4.78 is 11.0. The van der Waals surface area contributed by atoms with Gasteiger partial charge in [0.2, 0.25) is 11.9 Å². The van der Waals surface area contributed by atoms with Crippen LogP contribution in [0.4, 0.5) is 23.3 Å². The molecule has 0 atom stereocenters. The third-order valence-electron chi connectivity index (χ3n) is 7.69. The number of aromatic nitrogens is 8. The van der Waals surface area contributed by atoms with Crippen molar-refractivity contribution in [3.05, 3.63) is 95.5 Å². The van der Waals surface area contributed by atoms with Crippen molar-refractivity contribution in [3.8, 4) is 33.8 Å². The third kappa shape index (κ3) is 6.51. The number of thiophene rings is 2. The van der Waals surface area contributed by atoms with E-state index in [1.54, 1.807) is 57.6 Å². The van der Waals surface area contributed by atoms with E-state index in [0.29, 0.717) is 11.9 Å². The van der Waals surface area contributed by atoms with Gasteiger partial charge in [0.15, 0.2) is 0 Å². The molecule has 0 aliphatic rings. The fourth-order valence-corrected chi connectivity index (χ4v) is 7.51. The molecule has 49 heavy (non-hydrogen) atoms. The molecule has 8 aromatic rings. The summed E-state index contributed by atoms with van der Waals surface area (Å²) in [5.41, 5.74) is 7.31. The maximum atomic E-state index is 10.2. The summed E-state index contributed by atoms with van der Waals surface area (Å²) in [6.45, 7) is 4.13. The van der Waals surface area contributed by atoms with E-state index in [1.807, 2.05) is 82.2 Å². The lowest BCUT2D eigenvalue weighted by molar-refractivity contribution is 0.416. The molecule has 0 spiro atoms. The first-order valence-electron chi connectivity index (χ1n) is 15.2. The zero-order chi connectivity index (χ0) is 34.1. The van der Waals surface area contributed by atoms with Crippen molar-refractivity contribution in [2.24, 2.45) is 14.1 Å². The molecule has 0 amide bonds. The van der Waals surface area contributed by atoms with Crippen molar-refractivity contribution in [2.75, 3.05) is 17.7 Å². The molecule has 0 radical (unpaired) electrons. The van der Waals surface area contributed by atoms with E-state index in [2.05, 4.69) is 48.8 Å². The van der Waals surface area contributed by atoms with Crippen LogP contribution in [0.25, 0.3) is 42.7 Å². The molecule has 0 fully saturated rings. The molecule has 14 heteroatoms. The lowest BCUT2D eigenvalue weighted by atomic mass is 10.0. The number of rotatable bonds is 7. The summed E-state index contributed by atoms with van der Waals surface area (Å²) >= 11 is 3.31. The number of nitrogens with one attached hydrogen (secondary N) is 2. The van der Waals surface area contributed by atoms with E-state index < -0.39 is 0 Å². The Morgan fingerprint density at radius 2 is 1.16 bits per heavy atom. The number of phenolic OH excluding ortho intramolecular Hbond substituents is 1. The number of methoxy groups -OCH3 is 1. The Kier molecular flexibility index (Phi) is 8.63. The van der Waals surface area contributed by atoms with Crippen LogP contribution in [0.15, 0.2) is 85.7 Å². The normalized spacial score (nSPS) is 11.0. The highest BCUT2D eigenvalue weighted by Crippen LogP contribution is 2.42. The average Bonchev–Trinajstić information content (AvgIpc) is 3.86. The van der Waals surface area contributed by atoms with Gasteiger partial charge in [0, 0.05) is 58.5 Å². The first kappa shape index (κ1) is 31.7. The van der Waals surface area contributed by atoms with Crippen molar-refractivity contribution in [1.29, 1.82) is 0 Å². The topological polar surface area (TPSA) is 141 Å². The van der Waals surface area contributed by atoms with Crippen LogP contribution < -0.4 is 15.4 Å². The maximum absolute atomic E-state index is 10.2. The molecule has 246 valence electrons. The Balaban J connectivity index is 0.000000154. The smallest absolute Gasteiger partial charge is 0.227 e. The number of hydrogen-bond acceptors (Lipinski definition) is 12. The van der Waals surface area contributed by atoms with Crippen LogP contribution >= 0.6 is 22.7 Å². The van der Waals surface area contributed by atoms with Crippen molar-refractivity contribution in [1.82, 2.24) is 39.5 Å². The molecule has 12 nitrogen and oxygen atoms in total. The van der Waals surface area contributed by atoms with E-state index in [9.17, 15) is 5.11 Å². The zero-order valence-electron chi connectivity index (χ0n) is 27.3. The molecule has 0 saturated carbocycles. The third-order valence-corrected chi connectivity index (χ3v) is 9.74. The van der Waals surface area contributed by atoms with E-state index in [4.69, 9.17) is 9.72 Å². The molecular formula is C35H32N10O2S2. The lowest BCUT2D eigenvalue weighted by Crippen LogP contribution is -1.96. The van der Waals surface area contributed by atoms with Crippen LogP contribution in [0.5, 0.6) is 11.5 Å². The molecule has 8 rings (SSSR count). The number of fused-ring (bicyclic) bond motifs is 2. The predicted molar refractivity (Wildman–Crippen MR) is 196 cm³/mol. The largest absolute Gasteiger partial charge is 0.507 e. The van der Waals surface area contributed by atoms with Crippen molar-refractivity contribution < 1.29 is 9.84 Å². The Bertz CT molecular complexity index is 2430. The first-order chi connectivity index (χ1) is 23.8. The highest BCUT2D eigenvalue weighted by molar-refractivity contribution is 7.19. The number of benzene rings is 2. The minimum atomic E-state index is 0.251. The second-order valence-electron chi connectivity index (χ2n) is 11.2. The maximum Gasteiger partial charge on any atom is 0.227 e. The van der Waals surface area contributed by atoms with E-state index in [0.717, 1.165) is 64.7 Å². The number of ether oxygens (including phenoxy) is 1. The Labute approximate surface area is 289 Å². The molecule has 2 aromatic carbocycles. The highest BCUT2D eigenvalue weighted by atomic mass is 32.1. The van der Waals surface area contributed by atoms with Crippen LogP contribution in [-0.4, -0.2) is 51.7 Å². The van der Waals surface area contributed by atoms with Gasteiger partial charge < -0.3 is 20.5 Å². The number of para-hydroxylation sites is 2. The minimum Gasteiger partial charge on any atom is -0.507 e. The predicted octanol–water partition coefficient (Wildman–Crippen LogP) is 8.00. The SMILES string of the molecule is COc1ccccc1-c1c(C)sc2cnc(Nc3cnn(C)c3)nc12.Cc1sc2cnc(Nc3cnn(C)c3)nc2c1-c1ccccc1O. The Morgan fingerprint density at radius 1 is 0.673 bits per heavy atom. The number of aromatic hydroxyl groups is 1. The monoisotopic (exact) mass is 688 g/mol. The van der Waals surface area contributed by atoms with Gasteiger partial charge >= 0.3 is 0 Å². The van der Waals surface area contributed by atoms with Gasteiger partial charge in [-0.1, -0.05) is 36.4 Å². The van der Waals surface area contributed by atoms with Gasteiger partial charge in [-0.25, -0.2) is 19.9 Å². The van der Waals surface area contributed by atoms with E-state index >= 15 is 0 Å². The molecular weight excluding hydrogens is 657 g/mol. The van der Waals surface area contributed by atoms with E-state index in [1.165, 1.54) is 4.88 Å². The zero-order valence-corrected chi connectivity index (χ0v) is 29.0. The lowest BCUT2D eigenvalue weighted by Gasteiger charge is -2.08. The summed E-state index contributed by atoms with van der Waals surface area (Å²) in [5, 5.41) is 24.8. The number of phenols is 1. The minimum absolute atomic E-state index is 0.251. The van der Waals surface area contributed by atoms with Gasteiger partial charge in [-0.3, -0.25) is 9.36 Å². The summed E-state index contributed by atoms with van der Waals surface area (Å²) in [7, 11) is 5.41. The van der Waals surface area contributed by atoms with Gasteiger partial charge in [-0.15, -0.1) is 22.7 Å². The van der Waals surface area contributed by atoms with Gasteiger partial charge in [0.1, 0.15) is 11.5 Å². The van der Waals surface area contributed by atoms with Crippen molar-refractivity contribution in [3.63, 3.8) is 0 Å². The molecule has 6 aromatic heterocycles. The first-order valence-corrected chi connectivity index (χ1v) is 16.9. The van der Waals surface area contributed by atoms with Crippen LogP contribution in [0.3, 0.4) is 0 Å². The summed E-state index contributed by atoms with van der Waals surface area (Å²) in [4.78, 5) is 20.5. The Morgan fingerprint density at radius 3 is 1.65 bits per heavy atom. The Hall–Kier alpha value is -5.86. The molecule has 0 aliphatic heterocycles. The number of aryl methyl sites for hydroxylation is 4. The molecule has 0 saturated heterocycles. The van der Waals surface area contributed by atoms with Crippen molar-refractivity contribution in [2.45, 2.75) is 13.8 Å². The molecule has 3 N–H and O–H groups in total. The van der Waals surface area contributed by atoms with Gasteiger partial charge in [0.05, 0.1) is 63.7 Å². The van der Waals surface area contributed by atoms with Gasteiger partial charge in [-0.05, 0) is 26.0 Å². The summed E-state index contributed by atoms with van der Waals surface area (Å²) in [6, 6.07) is 15.3. The second-order valence-corrected chi connectivity index (χ2v) is 13.7. The quantitative estimate of drug-likeness (QED) is 0.151. The summed E-state index contributed by atoms with van der Waals surface area (Å²) in [6.07, 6.45) is 10.9. The number of hydrogen-bond donors (Lipinski definition) is 3. The van der Waals surface area contributed by atoms with Crippen LogP contribution in [0, 0.1) is 13.8 Å². The summed E-state index contributed by atoms with van der Waals surface area (Å²) in [5.74, 6) is 2.14. The second kappa shape index (κ2) is 13.3. The molecule has 0 bridgehead atoms. The molecule has 0 unspecified atom stereocenters. The van der Waals surface area contributed by atoms with Crippen LogP contribution in [-0.2, 0) is 14.1 Å². The fraction of sp³-hybridized carbons (Fsp3) is 0.143. The highest BCUT2D eigenvalue weighted by Gasteiger charge is 2.18. The number of nitrogens with zero attached hydrogens (tertiary/aromatic N) is 8. The molecule has 6 heterocycles. The van der Waals surface area contributed by atoms with Crippen LogP contribution in [0.1, 0.15) is 9.75 Å². The van der Waals surface area contributed by atoms with E-state index in [-0.39, 0.29) is 5.75 Å².